The van der Waals surface area contributed by atoms with Crippen molar-refractivity contribution in [2.45, 2.75) is 26.3 Å². The van der Waals surface area contributed by atoms with Gasteiger partial charge in [0.25, 0.3) is 0 Å². The molecule has 2 rings (SSSR count). The number of rotatable bonds is 2. The molecule has 1 aliphatic heterocycles. The highest BCUT2D eigenvalue weighted by Gasteiger charge is 2.20. The number of urea groups is 1. The van der Waals surface area contributed by atoms with Gasteiger partial charge in [-0.05, 0) is 40.8 Å². The largest absolute Gasteiger partial charge is 0.333 e. The average molecular weight is 317 g/mol. The summed E-state index contributed by atoms with van der Waals surface area (Å²) in [6.45, 7) is 4.61. The lowest BCUT2D eigenvalue weighted by Crippen LogP contribution is -2.44. The molecule has 3 nitrogen and oxygen atoms in total. The van der Waals surface area contributed by atoms with E-state index in [2.05, 4.69) is 28.2 Å². The van der Waals surface area contributed by atoms with Crippen LogP contribution < -0.4 is 5.32 Å². The fraction of sp³-hybridized carbons (Fsp3) is 0.583. The van der Waals surface area contributed by atoms with E-state index in [-0.39, 0.29) is 6.03 Å². The number of piperidine rings is 1. The molecular weight excluding hydrogens is 300 g/mol. The van der Waals surface area contributed by atoms with Crippen LogP contribution >= 0.6 is 27.3 Å². The molecule has 0 radical (unpaired) electrons. The number of carbonyl (C=O) groups excluding carboxylic acids is 1. The van der Waals surface area contributed by atoms with Crippen LogP contribution in [0.25, 0.3) is 0 Å². The molecule has 2 heterocycles. The Morgan fingerprint density at radius 2 is 2.53 bits per heavy atom. The van der Waals surface area contributed by atoms with Crippen LogP contribution in [0, 0.1) is 5.92 Å². The van der Waals surface area contributed by atoms with Crippen molar-refractivity contribution in [2.75, 3.05) is 13.1 Å². The van der Waals surface area contributed by atoms with Crippen molar-refractivity contribution in [3.05, 3.63) is 20.8 Å². The molecule has 1 aromatic rings. The molecule has 17 heavy (non-hydrogen) atoms. The van der Waals surface area contributed by atoms with E-state index in [1.54, 1.807) is 11.3 Å². The number of halogens is 1. The molecule has 1 unspecified atom stereocenters. The number of nitrogens with one attached hydrogen (secondary N) is 1. The van der Waals surface area contributed by atoms with Crippen molar-refractivity contribution in [3.63, 3.8) is 0 Å². The third kappa shape index (κ3) is 3.71. The van der Waals surface area contributed by atoms with Crippen LogP contribution in [-0.2, 0) is 6.54 Å². The Bertz CT molecular complexity index is 394. The van der Waals surface area contributed by atoms with Gasteiger partial charge in [-0.25, -0.2) is 4.79 Å². The summed E-state index contributed by atoms with van der Waals surface area (Å²) in [4.78, 5) is 15.0. The lowest BCUT2D eigenvalue weighted by Gasteiger charge is -2.30. The van der Waals surface area contributed by atoms with Crippen LogP contribution in [0.3, 0.4) is 0 Å². The Balaban J connectivity index is 1.80. The van der Waals surface area contributed by atoms with E-state index < -0.39 is 0 Å². The quantitative estimate of drug-likeness (QED) is 0.890. The number of thiophene rings is 1. The minimum absolute atomic E-state index is 0.0704. The number of amides is 2. The predicted molar refractivity (Wildman–Crippen MR) is 74.2 cm³/mol. The van der Waals surface area contributed by atoms with E-state index in [0.29, 0.717) is 12.5 Å². The summed E-state index contributed by atoms with van der Waals surface area (Å²) in [5, 5.41) is 5.01. The molecule has 0 aliphatic carbocycles. The predicted octanol–water partition coefficient (Wildman–Crippen LogP) is 3.45. The van der Waals surface area contributed by atoms with Crippen LogP contribution in [0.15, 0.2) is 15.9 Å². The van der Waals surface area contributed by atoms with Gasteiger partial charge in [0.05, 0.1) is 6.54 Å². The van der Waals surface area contributed by atoms with Crippen LogP contribution in [0.4, 0.5) is 4.79 Å². The average Bonchev–Trinajstić information content (AvgIpc) is 2.72. The van der Waals surface area contributed by atoms with E-state index in [4.69, 9.17) is 0 Å². The fourth-order valence-electron chi connectivity index (χ4n) is 2.09. The fourth-order valence-corrected chi connectivity index (χ4v) is 3.49. The summed E-state index contributed by atoms with van der Waals surface area (Å²) in [5.74, 6) is 0.630. The lowest BCUT2D eigenvalue weighted by molar-refractivity contribution is 0.169. The minimum Gasteiger partial charge on any atom is -0.333 e. The first-order chi connectivity index (χ1) is 8.15. The molecule has 0 aromatic carbocycles. The SMILES string of the molecule is CC1CCCN(C(=O)NCc2cc(Br)cs2)C1. The highest BCUT2D eigenvalue weighted by molar-refractivity contribution is 9.10. The van der Waals surface area contributed by atoms with Crippen molar-refractivity contribution >= 4 is 33.3 Å². The maximum absolute atomic E-state index is 11.9. The first-order valence-electron chi connectivity index (χ1n) is 5.91. The molecule has 5 heteroatoms. The van der Waals surface area contributed by atoms with Gasteiger partial charge in [-0.1, -0.05) is 6.92 Å². The van der Waals surface area contributed by atoms with E-state index in [1.165, 1.54) is 11.3 Å². The first-order valence-corrected chi connectivity index (χ1v) is 7.58. The molecule has 1 aromatic heterocycles. The standard InChI is InChI=1S/C12H17BrN2OS/c1-9-3-2-4-15(7-9)12(16)14-6-11-5-10(13)8-17-11/h5,8-9H,2-4,6-7H2,1H3,(H,14,16). The van der Waals surface area contributed by atoms with Gasteiger partial charge < -0.3 is 10.2 Å². The summed E-state index contributed by atoms with van der Waals surface area (Å²) in [5.41, 5.74) is 0. The van der Waals surface area contributed by atoms with Gasteiger partial charge in [0, 0.05) is 27.8 Å². The van der Waals surface area contributed by atoms with Gasteiger partial charge in [0.15, 0.2) is 0 Å². The summed E-state index contributed by atoms with van der Waals surface area (Å²) in [6.07, 6.45) is 2.36. The summed E-state index contributed by atoms with van der Waals surface area (Å²) in [7, 11) is 0. The smallest absolute Gasteiger partial charge is 0.317 e. The van der Waals surface area contributed by atoms with Gasteiger partial charge in [-0.2, -0.15) is 0 Å². The van der Waals surface area contributed by atoms with E-state index in [9.17, 15) is 4.79 Å². The van der Waals surface area contributed by atoms with Gasteiger partial charge >= 0.3 is 6.03 Å². The Labute approximate surface area is 114 Å². The Morgan fingerprint density at radius 1 is 1.71 bits per heavy atom. The van der Waals surface area contributed by atoms with Gasteiger partial charge in [0.1, 0.15) is 0 Å². The van der Waals surface area contributed by atoms with Crippen molar-refractivity contribution in [1.82, 2.24) is 10.2 Å². The highest BCUT2D eigenvalue weighted by atomic mass is 79.9. The number of hydrogen-bond acceptors (Lipinski definition) is 2. The lowest BCUT2D eigenvalue weighted by atomic mass is 10.0. The van der Waals surface area contributed by atoms with E-state index in [1.807, 2.05) is 16.3 Å². The molecule has 94 valence electrons. The number of likely N-dealkylation sites (tertiary alicyclic amines) is 1. The van der Waals surface area contributed by atoms with Crippen molar-refractivity contribution in [2.24, 2.45) is 5.92 Å². The zero-order chi connectivity index (χ0) is 12.3. The van der Waals surface area contributed by atoms with Crippen LogP contribution in [0.5, 0.6) is 0 Å². The second-order valence-electron chi connectivity index (χ2n) is 4.58. The molecule has 0 saturated carbocycles. The maximum atomic E-state index is 11.9. The van der Waals surface area contributed by atoms with Crippen LogP contribution in [0.2, 0.25) is 0 Å². The second kappa shape index (κ2) is 5.87. The van der Waals surface area contributed by atoms with E-state index in [0.717, 1.165) is 24.0 Å². The highest BCUT2D eigenvalue weighted by Crippen LogP contribution is 2.20. The maximum Gasteiger partial charge on any atom is 0.317 e. The van der Waals surface area contributed by atoms with Gasteiger partial charge in [-0.3, -0.25) is 0 Å². The molecule has 1 saturated heterocycles. The molecule has 0 bridgehead atoms. The van der Waals surface area contributed by atoms with E-state index >= 15 is 0 Å². The minimum atomic E-state index is 0.0704. The van der Waals surface area contributed by atoms with Crippen LogP contribution in [-0.4, -0.2) is 24.0 Å². The molecule has 2 amide bonds. The number of hydrogen-bond donors (Lipinski definition) is 1. The summed E-state index contributed by atoms with van der Waals surface area (Å²) < 4.78 is 1.08. The molecular formula is C12H17BrN2OS. The summed E-state index contributed by atoms with van der Waals surface area (Å²) >= 11 is 5.07. The first kappa shape index (κ1) is 12.9. The van der Waals surface area contributed by atoms with Gasteiger partial charge in [0.2, 0.25) is 0 Å². The third-order valence-electron chi connectivity index (χ3n) is 2.98. The topological polar surface area (TPSA) is 32.3 Å². The van der Waals surface area contributed by atoms with Crippen molar-refractivity contribution in [1.29, 1.82) is 0 Å². The molecule has 0 spiro atoms. The Hall–Kier alpha value is -0.550. The third-order valence-corrected chi connectivity index (χ3v) is 4.68. The second-order valence-corrected chi connectivity index (χ2v) is 6.49. The monoisotopic (exact) mass is 316 g/mol. The summed E-state index contributed by atoms with van der Waals surface area (Å²) in [6, 6.07) is 2.12. The zero-order valence-corrected chi connectivity index (χ0v) is 12.3. The molecule has 1 aliphatic rings. The number of carbonyl (C=O) groups is 1. The zero-order valence-electron chi connectivity index (χ0n) is 9.91. The van der Waals surface area contributed by atoms with Crippen molar-refractivity contribution < 1.29 is 4.79 Å². The van der Waals surface area contributed by atoms with Crippen LogP contribution in [0.1, 0.15) is 24.6 Å². The molecule has 1 N–H and O–H groups in total. The van der Waals surface area contributed by atoms with Crippen molar-refractivity contribution in [3.8, 4) is 0 Å². The molecule has 1 atom stereocenters. The van der Waals surface area contributed by atoms with Gasteiger partial charge in [-0.15, -0.1) is 11.3 Å². The normalized spacial score (nSPS) is 20.4. The molecule has 1 fully saturated rings. The number of nitrogens with zero attached hydrogens (tertiary/aromatic N) is 1. The Morgan fingerprint density at radius 3 is 3.18 bits per heavy atom. The Kier molecular flexibility index (Phi) is 4.45.